The van der Waals surface area contributed by atoms with Gasteiger partial charge < -0.3 is 20.1 Å². The first-order valence-electron chi connectivity index (χ1n) is 7.07. The van der Waals surface area contributed by atoms with Crippen LogP contribution in [0.3, 0.4) is 0 Å². The first-order chi connectivity index (χ1) is 10.1. The van der Waals surface area contributed by atoms with Crippen molar-refractivity contribution in [2.75, 3.05) is 19.6 Å². The minimum absolute atomic E-state index is 0.152. The van der Waals surface area contributed by atoms with E-state index in [1.807, 2.05) is 30.3 Å². The van der Waals surface area contributed by atoms with Crippen molar-refractivity contribution in [3.63, 3.8) is 0 Å². The lowest BCUT2D eigenvalue weighted by atomic mass is 9.98. The van der Waals surface area contributed by atoms with E-state index < -0.39 is 12.2 Å². The van der Waals surface area contributed by atoms with Crippen molar-refractivity contribution in [2.24, 2.45) is 5.92 Å². The molecule has 1 aliphatic heterocycles. The van der Waals surface area contributed by atoms with Gasteiger partial charge in [0.25, 0.3) is 0 Å². The van der Waals surface area contributed by atoms with Gasteiger partial charge in [-0.25, -0.2) is 9.59 Å². The highest BCUT2D eigenvalue weighted by Crippen LogP contribution is 2.15. The van der Waals surface area contributed by atoms with E-state index in [1.165, 1.54) is 4.90 Å². The van der Waals surface area contributed by atoms with Crippen LogP contribution in [0.5, 0.6) is 0 Å². The Morgan fingerprint density at radius 3 is 2.81 bits per heavy atom. The predicted molar refractivity (Wildman–Crippen MR) is 77.0 cm³/mol. The molecule has 21 heavy (non-hydrogen) atoms. The third-order valence-electron chi connectivity index (χ3n) is 3.54. The highest BCUT2D eigenvalue weighted by atomic mass is 16.5. The van der Waals surface area contributed by atoms with Crippen LogP contribution in [0.15, 0.2) is 30.3 Å². The van der Waals surface area contributed by atoms with Crippen LogP contribution in [0.2, 0.25) is 0 Å². The zero-order chi connectivity index (χ0) is 15.1. The maximum atomic E-state index is 11.6. The van der Waals surface area contributed by atoms with E-state index in [4.69, 9.17) is 9.84 Å². The van der Waals surface area contributed by atoms with Gasteiger partial charge in [0.2, 0.25) is 0 Å². The number of carbonyl (C=O) groups is 2. The summed E-state index contributed by atoms with van der Waals surface area (Å²) in [7, 11) is 0. The van der Waals surface area contributed by atoms with Gasteiger partial charge in [-0.2, -0.15) is 0 Å². The molecule has 0 saturated carbocycles. The third kappa shape index (κ3) is 4.98. The number of carboxylic acid groups (broad SMARTS) is 1. The van der Waals surface area contributed by atoms with Gasteiger partial charge in [-0.3, -0.25) is 0 Å². The van der Waals surface area contributed by atoms with Crippen molar-refractivity contribution in [3.05, 3.63) is 35.9 Å². The first kappa shape index (κ1) is 15.2. The molecule has 1 heterocycles. The van der Waals surface area contributed by atoms with Gasteiger partial charge in [0, 0.05) is 19.6 Å². The van der Waals surface area contributed by atoms with E-state index in [0.717, 1.165) is 18.4 Å². The quantitative estimate of drug-likeness (QED) is 0.892. The topological polar surface area (TPSA) is 78.9 Å². The molecular weight excluding hydrogens is 272 g/mol. The second kappa shape index (κ2) is 7.52. The zero-order valence-electron chi connectivity index (χ0n) is 11.8. The van der Waals surface area contributed by atoms with Gasteiger partial charge in [-0.1, -0.05) is 30.3 Å². The van der Waals surface area contributed by atoms with Crippen molar-refractivity contribution < 1.29 is 19.4 Å². The van der Waals surface area contributed by atoms with Crippen molar-refractivity contribution in [1.82, 2.24) is 10.2 Å². The number of amides is 2. The smallest absolute Gasteiger partial charge is 0.407 e. The van der Waals surface area contributed by atoms with Crippen LogP contribution < -0.4 is 5.32 Å². The normalized spacial score (nSPS) is 18.1. The number of nitrogens with zero attached hydrogens (tertiary/aromatic N) is 1. The average Bonchev–Trinajstić information content (AvgIpc) is 2.52. The van der Waals surface area contributed by atoms with Gasteiger partial charge in [0.1, 0.15) is 6.61 Å². The average molecular weight is 292 g/mol. The Morgan fingerprint density at radius 2 is 2.10 bits per heavy atom. The number of ether oxygens (including phenoxy) is 1. The summed E-state index contributed by atoms with van der Waals surface area (Å²) in [5, 5.41) is 11.7. The van der Waals surface area contributed by atoms with E-state index in [2.05, 4.69) is 5.32 Å². The van der Waals surface area contributed by atoms with Crippen LogP contribution >= 0.6 is 0 Å². The summed E-state index contributed by atoms with van der Waals surface area (Å²) in [4.78, 5) is 23.9. The van der Waals surface area contributed by atoms with Gasteiger partial charge >= 0.3 is 12.2 Å². The van der Waals surface area contributed by atoms with Crippen LogP contribution in [0.1, 0.15) is 18.4 Å². The van der Waals surface area contributed by atoms with Crippen molar-refractivity contribution >= 4 is 12.2 Å². The fourth-order valence-electron chi connectivity index (χ4n) is 2.41. The molecule has 1 atom stereocenters. The molecule has 0 aliphatic carbocycles. The Labute approximate surface area is 123 Å². The molecule has 1 fully saturated rings. The van der Waals surface area contributed by atoms with Gasteiger partial charge in [0.15, 0.2) is 0 Å². The lowest BCUT2D eigenvalue weighted by Gasteiger charge is -2.30. The van der Waals surface area contributed by atoms with E-state index in [-0.39, 0.29) is 12.5 Å². The molecule has 1 unspecified atom stereocenters. The molecule has 2 rings (SSSR count). The summed E-state index contributed by atoms with van der Waals surface area (Å²) < 4.78 is 5.11. The van der Waals surface area contributed by atoms with E-state index in [0.29, 0.717) is 19.6 Å². The Morgan fingerprint density at radius 1 is 1.33 bits per heavy atom. The largest absolute Gasteiger partial charge is 0.465 e. The number of hydrogen-bond acceptors (Lipinski definition) is 3. The lowest BCUT2D eigenvalue weighted by Crippen LogP contribution is -2.43. The lowest BCUT2D eigenvalue weighted by molar-refractivity contribution is 0.115. The number of alkyl carbamates (subject to hydrolysis) is 1. The second-order valence-corrected chi connectivity index (χ2v) is 5.18. The van der Waals surface area contributed by atoms with Crippen molar-refractivity contribution in [2.45, 2.75) is 19.4 Å². The molecule has 1 aromatic carbocycles. The molecule has 0 spiro atoms. The number of piperidine rings is 1. The first-order valence-corrected chi connectivity index (χ1v) is 7.07. The van der Waals surface area contributed by atoms with Gasteiger partial charge in [0.05, 0.1) is 0 Å². The number of likely N-dealkylation sites (tertiary alicyclic amines) is 1. The molecule has 114 valence electrons. The Kier molecular flexibility index (Phi) is 5.43. The molecule has 0 radical (unpaired) electrons. The summed E-state index contributed by atoms with van der Waals surface area (Å²) in [6.45, 7) is 1.72. The summed E-state index contributed by atoms with van der Waals surface area (Å²) in [5.74, 6) is 0.152. The van der Waals surface area contributed by atoms with Gasteiger partial charge in [-0.05, 0) is 24.3 Å². The van der Waals surface area contributed by atoms with Gasteiger partial charge in [-0.15, -0.1) is 0 Å². The number of hydrogen-bond donors (Lipinski definition) is 2. The minimum atomic E-state index is -0.897. The molecule has 6 nitrogen and oxygen atoms in total. The molecule has 0 bridgehead atoms. The van der Waals surface area contributed by atoms with Crippen LogP contribution in [0, 0.1) is 5.92 Å². The fraction of sp³-hybridized carbons (Fsp3) is 0.467. The van der Waals surface area contributed by atoms with Crippen LogP contribution in [0.4, 0.5) is 9.59 Å². The maximum absolute atomic E-state index is 11.6. The summed E-state index contributed by atoms with van der Waals surface area (Å²) in [6.07, 6.45) is 0.387. The highest BCUT2D eigenvalue weighted by molar-refractivity contribution is 5.67. The molecule has 2 amide bonds. The third-order valence-corrected chi connectivity index (χ3v) is 3.54. The fourth-order valence-corrected chi connectivity index (χ4v) is 2.41. The number of nitrogens with one attached hydrogen (secondary N) is 1. The Hall–Kier alpha value is -2.24. The highest BCUT2D eigenvalue weighted by Gasteiger charge is 2.23. The molecule has 6 heteroatoms. The maximum Gasteiger partial charge on any atom is 0.407 e. The Bertz CT molecular complexity index is 478. The van der Waals surface area contributed by atoms with Crippen molar-refractivity contribution in [1.29, 1.82) is 0 Å². The summed E-state index contributed by atoms with van der Waals surface area (Å²) in [6, 6.07) is 9.46. The summed E-state index contributed by atoms with van der Waals surface area (Å²) >= 11 is 0. The second-order valence-electron chi connectivity index (χ2n) is 5.18. The monoisotopic (exact) mass is 292 g/mol. The van der Waals surface area contributed by atoms with E-state index in [9.17, 15) is 9.59 Å². The predicted octanol–water partition coefficient (Wildman–Crippen LogP) is 2.30. The molecule has 1 aliphatic rings. The number of benzene rings is 1. The van der Waals surface area contributed by atoms with Crippen LogP contribution in [-0.4, -0.2) is 41.8 Å². The van der Waals surface area contributed by atoms with Crippen LogP contribution in [-0.2, 0) is 11.3 Å². The zero-order valence-corrected chi connectivity index (χ0v) is 11.8. The standard InChI is InChI=1S/C15H20N2O4/c18-14(21-11-12-5-2-1-3-6-12)16-9-13-7-4-8-17(10-13)15(19)20/h1-3,5-6,13H,4,7-11H2,(H,16,18)(H,19,20). The number of carbonyl (C=O) groups excluding carboxylic acids is 1. The SMILES string of the molecule is O=C(NCC1CCCN(C(=O)O)C1)OCc1ccccc1. The van der Waals surface area contributed by atoms with E-state index in [1.54, 1.807) is 0 Å². The van der Waals surface area contributed by atoms with Crippen molar-refractivity contribution in [3.8, 4) is 0 Å². The van der Waals surface area contributed by atoms with E-state index >= 15 is 0 Å². The number of rotatable bonds is 4. The molecule has 1 saturated heterocycles. The Balaban J connectivity index is 1.68. The summed E-state index contributed by atoms with van der Waals surface area (Å²) in [5.41, 5.74) is 0.933. The molecular formula is C15H20N2O4. The molecule has 1 aromatic rings. The minimum Gasteiger partial charge on any atom is -0.465 e. The van der Waals surface area contributed by atoms with Crippen LogP contribution in [0.25, 0.3) is 0 Å². The molecule has 0 aromatic heterocycles. The molecule has 2 N–H and O–H groups in total.